The third-order valence-corrected chi connectivity index (χ3v) is 6.61. The molecule has 0 saturated carbocycles. The van der Waals surface area contributed by atoms with Crippen LogP contribution in [0.25, 0.3) is 22.5 Å². The van der Waals surface area contributed by atoms with Crippen LogP contribution in [0.5, 0.6) is 0 Å². The van der Waals surface area contributed by atoms with Crippen molar-refractivity contribution in [1.29, 1.82) is 0 Å². The second kappa shape index (κ2) is 10.1. The van der Waals surface area contributed by atoms with E-state index in [4.69, 9.17) is 11.6 Å². The number of hydrogen-bond acceptors (Lipinski definition) is 5. The van der Waals surface area contributed by atoms with E-state index in [9.17, 15) is 6.48 Å². The van der Waals surface area contributed by atoms with Gasteiger partial charge in [-0.3, -0.25) is 0 Å². The maximum Gasteiger partial charge on any atom is 0.205 e. The lowest BCUT2D eigenvalue weighted by Crippen LogP contribution is -2.16. The van der Waals surface area contributed by atoms with E-state index in [0.29, 0.717) is 29.7 Å². The molecule has 0 aliphatic rings. The van der Waals surface area contributed by atoms with Crippen LogP contribution in [0, 0.1) is 12.8 Å². The van der Waals surface area contributed by atoms with Gasteiger partial charge in [0.15, 0.2) is 5.15 Å². The molecule has 0 spiro atoms. The van der Waals surface area contributed by atoms with E-state index in [0.717, 1.165) is 34.2 Å². The highest BCUT2D eigenvalue weighted by Crippen LogP contribution is 2.34. The average molecular weight is 480 g/mol. The minimum Gasteiger partial charge on any atom is -0.390 e. The largest absolute Gasteiger partial charge is 0.390 e. The smallest absolute Gasteiger partial charge is 0.205 e. The minimum absolute atomic E-state index is 0.254. The summed E-state index contributed by atoms with van der Waals surface area (Å²) >= 11 is 6.40. The molecule has 7 nitrogen and oxygen atoms in total. The topological polar surface area (TPSA) is 81.7 Å². The summed E-state index contributed by atoms with van der Waals surface area (Å²) in [6.45, 7) is 7.82. The third kappa shape index (κ3) is 4.63. The van der Waals surface area contributed by atoms with E-state index < -0.39 is 6.02 Å². The maximum atomic E-state index is 10.1. The number of aliphatic hydroxyl groups is 1. The Labute approximate surface area is 206 Å². The number of benzene rings is 2. The van der Waals surface area contributed by atoms with Gasteiger partial charge in [0.1, 0.15) is 5.82 Å². The van der Waals surface area contributed by atoms with Gasteiger partial charge in [-0.25, -0.2) is 4.98 Å². The van der Waals surface area contributed by atoms with Gasteiger partial charge in [0, 0.05) is 12.0 Å². The predicted molar refractivity (Wildman–Crippen MR) is 135 cm³/mol. The van der Waals surface area contributed by atoms with Crippen molar-refractivity contribution in [2.24, 2.45) is 13.0 Å². The summed E-state index contributed by atoms with van der Waals surface area (Å²) in [6, 6.07) is 12.8. The normalized spacial score (nSPS) is 14.6. The van der Waals surface area contributed by atoms with E-state index in [2.05, 4.69) is 40.3 Å². The lowest BCUT2D eigenvalue weighted by Gasteiger charge is -2.23. The molecule has 8 heteroatoms. The van der Waals surface area contributed by atoms with Crippen molar-refractivity contribution in [2.75, 3.05) is 0 Å². The summed E-state index contributed by atoms with van der Waals surface area (Å²) in [5.41, 5.74) is 5.10. The van der Waals surface area contributed by atoms with E-state index in [1.807, 2.05) is 50.2 Å². The Hall–Kier alpha value is -3.03. The third-order valence-electron chi connectivity index (χ3n) is 6.31. The number of tetrazole rings is 1. The molecule has 2 atom stereocenters. The van der Waals surface area contributed by atoms with Crippen molar-refractivity contribution < 1.29 is 6.48 Å². The predicted octanol–water partition coefficient (Wildman–Crippen LogP) is 5.39. The van der Waals surface area contributed by atoms with E-state index in [1.165, 1.54) is 4.80 Å². The molecular formula is C26H31ClN6O. The lowest BCUT2D eigenvalue weighted by molar-refractivity contribution is 0.268. The Morgan fingerprint density at radius 1 is 1.15 bits per heavy atom. The molecule has 0 aliphatic carbocycles. The lowest BCUT2D eigenvalue weighted by atomic mass is 9.93. The molecule has 4 rings (SSSR count). The number of aliphatic hydroxyl groups excluding tert-OH is 1. The minimum atomic E-state index is -1.21. The van der Waals surface area contributed by atoms with Gasteiger partial charge in [0.05, 0.1) is 26.7 Å². The van der Waals surface area contributed by atoms with Crippen LogP contribution in [0.3, 0.4) is 0 Å². The van der Waals surface area contributed by atoms with Crippen molar-refractivity contribution >= 4 is 11.6 Å². The monoisotopic (exact) mass is 479 g/mol. The van der Waals surface area contributed by atoms with Crippen molar-refractivity contribution in [3.05, 3.63) is 70.3 Å². The van der Waals surface area contributed by atoms with Crippen LogP contribution in [0.1, 0.15) is 57.2 Å². The molecule has 4 aromatic rings. The van der Waals surface area contributed by atoms with Crippen molar-refractivity contribution in [1.82, 2.24) is 29.8 Å². The second-order valence-corrected chi connectivity index (χ2v) is 9.10. The molecule has 2 aromatic heterocycles. The second-order valence-electron chi connectivity index (χ2n) is 8.74. The zero-order chi connectivity index (χ0) is 25.3. The maximum absolute atomic E-state index is 10.1. The highest BCUT2D eigenvalue weighted by Gasteiger charge is 2.23. The van der Waals surface area contributed by atoms with Crippen LogP contribution in [0.2, 0.25) is 5.15 Å². The van der Waals surface area contributed by atoms with Gasteiger partial charge < -0.3 is 9.67 Å². The SMILES string of the molecule is [2H]C(C)(c1ccc(-c2ccccc2-c2nnn(C)n2)cc1C)n1c(CC(C)CC)nc(Cl)c1CO. The first-order chi connectivity index (χ1) is 16.7. The van der Waals surface area contributed by atoms with Crippen LogP contribution >= 0.6 is 11.6 Å². The zero-order valence-electron chi connectivity index (χ0n) is 21.2. The number of aryl methyl sites for hydroxylation is 2. The van der Waals surface area contributed by atoms with Gasteiger partial charge in [-0.05, 0) is 47.2 Å². The highest BCUT2D eigenvalue weighted by molar-refractivity contribution is 6.30. The molecule has 2 heterocycles. The number of nitrogens with zero attached hydrogens (tertiary/aromatic N) is 6. The molecule has 0 fully saturated rings. The zero-order valence-corrected chi connectivity index (χ0v) is 21.0. The fourth-order valence-corrected chi connectivity index (χ4v) is 4.52. The van der Waals surface area contributed by atoms with Crippen LogP contribution in [0.4, 0.5) is 0 Å². The van der Waals surface area contributed by atoms with E-state index in [1.54, 1.807) is 11.6 Å². The summed E-state index contributed by atoms with van der Waals surface area (Å²) in [4.78, 5) is 5.97. The van der Waals surface area contributed by atoms with Crippen molar-refractivity contribution in [3.8, 4) is 22.5 Å². The molecule has 0 saturated heterocycles. The van der Waals surface area contributed by atoms with E-state index in [-0.39, 0.29) is 11.8 Å². The molecule has 178 valence electrons. The Bertz CT molecular complexity index is 1350. The highest BCUT2D eigenvalue weighted by atomic mass is 35.5. The fraction of sp³-hybridized carbons (Fsp3) is 0.385. The summed E-state index contributed by atoms with van der Waals surface area (Å²) < 4.78 is 11.2. The van der Waals surface area contributed by atoms with Gasteiger partial charge >= 0.3 is 0 Å². The summed E-state index contributed by atoms with van der Waals surface area (Å²) in [7, 11) is 1.74. The van der Waals surface area contributed by atoms with Gasteiger partial charge in [-0.2, -0.15) is 4.80 Å². The molecule has 1 N–H and O–H groups in total. The number of imidazole rings is 1. The van der Waals surface area contributed by atoms with Crippen LogP contribution in [0.15, 0.2) is 42.5 Å². The molecule has 0 aliphatic heterocycles. The number of halogens is 1. The summed E-state index contributed by atoms with van der Waals surface area (Å²) in [5, 5.41) is 22.8. The number of rotatable bonds is 8. The standard InChI is InChI=1S/C26H31ClN6O/c1-6-16(2)13-24-28-25(27)23(15-34)33(24)18(4)20-12-11-19(14-17(20)3)21-9-7-8-10-22(21)26-29-31-32(5)30-26/h7-12,14,16,18,34H,6,13,15H2,1-5H3/i18D. The van der Waals surface area contributed by atoms with Crippen LogP contribution in [-0.2, 0) is 20.1 Å². The van der Waals surface area contributed by atoms with Crippen molar-refractivity contribution in [3.63, 3.8) is 0 Å². The summed E-state index contributed by atoms with van der Waals surface area (Å²) in [6.07, 6.45) is 1.67. The first-order valence-corrected chi connectivity index (χ1v) is 11.9. The Morgan fingerprint density at radius 2 is 1.88 bits per heavy atom. The molecule has 2 aromatic carbocycles. The fourth-order valence-electron chi connectivity index (χ4n) is 4.28. The first kappa shape index (κ1) is 22.7. The Morgan fingerprint density at radius 3 is 2.50 bits per heavy atom. The van der Waals surface area contributed by atoms with E-state index >= 15 is 0 Å². The molecule has 0 bridgehead atoms. The molecule has 34 heavy (non-hydrogen) atoms. The number of aromatic nitrogens is 6. The van der Waals surface area contributed by atoms with Crippen molar-refractivity contribution in [2.45, 2.75) is 53.2 Å². The Kier molecular flexibility index (Phi) is 6.74. The average Bonchev–Trinajstić information content (AvgIpc) is 3.41. The Balaban J connectivity index is 1.79. The summed E-state index contributed by atoms with van der Waals surface area (Å²) in [5.74, 6) is 1.66. The van der Waals surface area contributed by atoms with Gasteiger partial charge in [-0.1, -0.05) is 74.3 Å². The molecule has 2 unspecified atom stereocenters. The molecular weight excluding hydrogens is 448 g/mol. The van der Waals surface area contributed by atoms with Gasteiger partial charge in [0.2, 0.25) is 5.82 Å². The van der Waals surface area contributed by atoms with Gasteiger partial charge in [0.25, 0.3) is 0 Å². The van der Waals surface area contributed by atoms with Crippen LogP contribution < -0.4 is 0 Å². The quantitative estimate of drug-likeness (QED) is 0.366. The van der Waals surface area contributed by atoms with Crippen LogP contribution in [-0.4, -0.2) is 34.9 Å². The van der Waals surface area contributed by atoms with Gasteiger partial charge in [-0.15, -0.1) is 10.2 Å². The molecule has 0 amide bonds. The first-order valence-electron chi connectivity index (χ1n) is 12.0. The number of hydrogen-bond donors (Lipinski definition) is 1. The molecule has 0 radical (unpaired) electrons.